The molecule has 0 radical (unpaired) electrons. The Morgan fingerprint density at radius 2 is 2.24 bits per heavy atom. The van der Waals surface area contributed by atoms with Crippen LogP contribution in [0.3, 0.4) is 0 Å². The van der Waals surface area contributed by atoms with Crippen LogP contribution in [0.25, 0.3) is 0 Å². The number of hydrogen-bond acceptors (Lipinski definition) is 2. The van der Waals surface area contributed by atoms with E-state index in [2.05, 4.69) is 12.2 Å². The number of amides is 2. The van der Waals surface area contributed by atoms with Crippen molar-refractivity contribution in [3.63, 3.8) is 0 Å². The molecule has 1 saturated carbocycles. The molecule has 0 aromatic rings. The summed E-state index contributed by atoms with van der Waals surface area (Å²) < 4.78 is 5.50. The highest BCUT2D eigenvalue weighted by Gasteiger charge is 2.37. The summed E-state index contributed by atoms with van der Waals surface area (Å²) in [6, 6.07) is 0.0832. The normalized spacial score (nSPS) is 27.4. The summed E-state index contributed by atoms with van der Waals surface area (Å²) in [4.78, 5) is 13.9. The van der Waals surface area contributed by atoms with Crippen molar-refractivity contribution in [2.45, 2.75) is 44.6 Å². The van der Waals surface area contributed by atoms with Gasteiger partial charge in [-0.15, -0.1) is 0 Å². The summed E-state index contributed by atoms with van der Waals surface area (Å²) >= 11 is 0. The van der Waals surface area contributed by atoms with E-state index in [-0.39, 0.29) is 11.6 Å². The van der Waals surface area contributed by atoms with Crippen LogP contribution in [0, 0.1) is 5.92 Å². The number of urea groups is 1. The van der Waals surface area contributed by atoms with Crippen molar-refractivity contribution in [1.82, 2.24) is 10.2 Å². The summed E-state index contributed by atoms with van der Waals surface area (Å²) in [5, 5.41) is 3.03. The highest BCUT2D eigenvalue weighted by Crippen LogP contribution is 2.34. The van der Waals surface area contributed by atoms with Gasteiger partial charge in [-0.1, -0.05) is 6.92 Å². The number of carbonyl (C=O) groups is 1. The van der Waals surface area contributed by atoms with Gasteiger partial charge in [0.25, 0.3) is 0 Å². The van der Waals surface area contributed by atoms with Crippen LogP contribution in [-0.2, 0) is 4.74 Å². The van der Waals surface area contributed by atoms with Gasteiger partial charge in [-0.2, -0.15) is 0 Å². The van der Waals surface area contributed by atoms with Crippen molar-refractivity contribution in [2.75, 3.05) is 26.7 Å². The third-order valence-electron chi connectivity index (χ3n) is 4.20. The first-order valence-corrected chi connectivity index (χ1v) is 6.73. The van der Waals surface area contributed by atoms with E-state index in [4.69, 9.17) is 4.74 Å². The molecule has 2 fully saturated rings. The maximum absolute atomic E-state index is 12.0. The first-order chi connectivity index (χ1) is 8.15. The maximum atomic E-state index is 12.0. The molecular weight excluding hydrogens is 216 g/mol. The Balaban J connectivity index is 1.76. The minimum absolute atomic E-state index is 0.0724. The van der Waals surface area contributed by atoms with Gasteiger partial charge in [0.05, 0.1) is 5.60 Å². The number of likely N-dealkylation sites (tertiary alicyclic amines) is 1. The van der Waals surface area contributed by atoms with Crippen molar-refractivity contribution in [3.05, 3.63) is 0 Å². The largest absolute Gasteiger partial charge is 0.376 e. The molecule has 1 aliphatic carbocycles. The molecule has 2 aliphatic rings. The zero-order chi connectivity index (χ0) is 12.3. The molecule has 1 heterocycles. The maximum Gasteiger partial charge on any atom is 0.317 e. The highest BCUT2D eigenvalue weighted by atomic mass is 16.5. The fourth-order valence-electron chi connectivity index (χ4n) is 2.75. The first-order valence-electron chi connectivity index (χ1n) is 6.73. The molecule has 1 N–H and O–H groups in total. The van der Waals surface area contributed by atoms with Crippen LogP contribution in [0.2, 0.25) is 0 Å². The smallest absolute Gasteiger partial charge is 0.317 e. The van der Waals surface area contributed by atoms with E-state index in [1.165, 1.54) is 12.8 Å². The van der Waals surface area contributed by atoms with Crippen LogP contribution in [0.15, 0.2) is 0 Å². The molecule has 0 bridgehead atoms. The predicted molar refractivity (Wildman–Crippen MR) is 67.0 cm³/mol. The molecule has 0 aromatic heterocycles. The topological polar surface area (TPSA) is 41.6 Å². The number of carbonyl (C=O) groups excluding carboxylic acids is 1. The van der Waals surface area contributed by atoms with Gasteiger partial charge in [-0.25, -0.2) is 4.79 Å². The molecule has 1 saturated heterocycles. The Morgan fingerprint density at radius 3 is 2.76 bits per heavy atom. The Kier molecular flexibility index (Phi) is 3.92. The lowest BCUT2D eigenvalue weighted by atomic mass is 9.80. The molecule has 1 atom stereocenters. The van der Waals surface area contributed by atoms with Gasteiger partial charge in [0.1, 0.15) is 0 Å². The van der Waals surface area contributed by atoms with E-state index in [1.807, 2.05) is 4.90 Å². The molecular formula is C13H24N2O2. The second-order valence-electron chi connectivity index (χ2n) is 5.59. The van der Waals surface area contributed by atoms with Crippen molar-refractivity contribution in [1.29, 1.82) is 0 Å². The Morgan fingerprint density at radius 1 is 1.47 bits per heavy atom. The Bertz CT molecular complexity index is 271. The van der Waals surface area contributed by atoms with Crippen molar-refractivity contribution < 1.29 is 9.53 Å². The molecule has 0 spiro atoms. The van der Waals surface area contributed by atoms with Gasteiger partial charge >= 0.3 is 6.03 Å². The summed E-state index contributed by atoms with van der Waals surface area (Å²) in [7, 11) is 1.74. The van der Waals surface area contributed by atoms with Gasteiger partial charge < -0.3 is 15.0 Å². The van der Waals surface area contributed by atoms with Crippen molar-refractivity contribution >= 4 is 6.03 Å². The SMILES string of the molecule is COC1(CNC(=O)N2CCCC(C)C2)CCC1. The van der Waals surface area contributed by atoms with Crippen molar-refractivity contribution in [2.24, 2.45) is 5.92 Å². The molecule has 4 heteroatoms. The molecule has 1 unspecified atom stereocenters. The average Bonchev–Trinajstić information content (AvgIpc) is 2.28. The average molecular weight is 240 g/mol. The fraction of sp³-hybridized carbons (Fsp3) is 0.923. The van der Waals surface area contributed by atoms with Gasteiger partial charge in [-0.05, 0) is 38.0 Å². The molecule has 98 valence electrons. The van der Waals surface area contributed by atoms with E-state index < -0.39 is 0 Å². The Labute approximate surface area is 104 Å². The summed E-state index contributed by atoms with van der Waals surface area (Å²) in [6.45, 7) is 4.66. The summed E-state index contributed by atoms with van der Waals surface area (Å²) in [6.07, 6.45) is 5.72. The first kappa shape index (κ1) is 12.7. The molecule has 1 aliphatic heterocycles. The van der Waals surface area contributed by atoms with Crippen LogP contribution < -0.4 is 5.32 Å². The van der Waals surface area contributed by atoms with Crippen LogP contribution in [0.4, 0.5) is 4.79 Å². The zero-order valence-electron chi connectivity index (χ0n) is 11.0. The highest BCUT2D eigenvalue weighted by molar-refractivity contribution is 5.74. The number of methoxy groups -OCH3 is 1. The summed E-state index contributed by atoms with van der Waals surface area (Å²) in [5.41, 5.74) is -0.0724. The predicted octanol–water partition coefficient (Wildman–Crippen LogP) is 2.00. The quantitative estimate of drug-likeness (QED) is 0.819. The van der Waals surface area contributed by atoms with Gasteiger partial charge in [-0.3, -0.25) is 0 Å². The van der Waals surface area contributed by atoms with E-state index >= 15 is 0 Å². The van der Waals surface area contributed by atoms with Crippen LogP contribution in [0.1, 0.15) is 39.0 Å². The van der Waals surface area contributed by atoms with Crippen molar-refractivity contribution in [3.8, 4) is 0 Å². The second-order valence-corrected chi connectivity index (χ2v) is 5.59. The lowest BCUT2D eigenvalue weighted by Crippen LogP contribution is -2.53. The molecule has 2 rings (SSSR count). The standard InChI is InChI=1S/C13H24N2O2/c1-11-5-3-8-15(9-11)12(16)14-10-13(17-2)6-4-7-13/h11H,3-10H2,1-2H3,(H,14,16). The van der Waals surface area contributed by atoms with Crippen LogP contribution in [0.5, 0.6) is 0 Å². The van der Waals surface area contributed by atoms with E-state index in [9.17, 15) is 4.79 Å². The number of rotatable bonds is 3. The van der Waals surface area contributed by atoms with E-state index in [0.29, 0.717) is 12.5 Å². The third-order valence-corrected chi connectivity index (χ3v) is 4.20. The number of nitrogens with zero attached hydrogens (tertiary/aromatic N) is 1. The number of nitrogens with one attached hydrogen (secondary N) is 1. The van der Waals surface area contributed by atoms with Gasteiger partial charge in [0.2, 0.25) is 0 Å². The number of piperidine rings is 1. The Hall–Kier alpha value is -0.770. The lowest BCUT2D eigenvalue weighted by Gasteiger charge is -2.41. The van der Waals surface area contributed by atoms with Crippen LogP contribution >= 0.6 is 0 Å². The monoisotopic (exact) mass is 240 g/mol. The van der Waals surface area contributed by atoms with E-state index in [0.717, 1.165) is 32.4 Å². The molecule has 0 aromatic carbocycles. The van der Waals surface area contributed by atoms with Gasteiger partial charge in [0, 0.05) is 26.7 Å². The number of ether oxygens (including phenoxy) is 1. The lowest BCUT2D eigenvalue weighted by molar-refractivity contribution is -0.0679. The van der Waals surface area contributed by atoms with Crippen LogP contribution in [-0.4, -0.2) is 43.3 Å². The minimum Gasteiger partial charge on any atom is -0.376 e. The fourth-order valence-corrected chi connectivity index (χ4v) is 2.75. The van der Waals surface area contributed by atoms with E-state index in [1.54, 1.807) is 7.11 Å². The zero-order valence-corrected chi connectivity index (χ0v) is 11.0. The molecule has 2 amide bonds. The minimum atomic E-state index is -0.0724. The molecule has 4 nitrogen and oxygen atoms in total. The summed E-state index contributed by atoms with van der Waals surface area (Å²) in [5.74, 6) is 0.634. The van der Waals surface area contributed by atoms with Gasteiger partial charge in [0.15, 0.2) is 0 Å². The second kappa shape index (κ2) is 5.25. The number of hydrogen-bond donors (Lipinski definition) is 1. The molecule has 17 heavy (non-hydrogen) atoms. The third kappa shape index (κ3) is 2.92.